The molecule has 0 aromatic heterocycles. The fraction of sp³-hybridized carbons (Fsp3) is 0.917. The maximum atomic E-state index is 11.3. The van der Waals surface area contributed by atoms with Crippen molar-refractivity contribution < 1.29 is 23.7 Å². The van der Waals surface area contributed by atoms with Crippen molar-refractivity contribution in [1.82, 2.24) is 0 Å². The van der Waals surface area contributed by atoms with Crippen LogP contribution in [0.3, 0.4) is 0 Å². The van der Waals surface area contributed by atoms with Crippen LogP contribution in [0.15, 0.2) is 0 Å². The third-order valence-electron chi connectivity index (χ3n) is 2.97. The van der Waals surface area contributed by atoms with E-state index in [0.29, 0.717) is 13.0 Å². The molecular weight excluding hydrogens is 224 g/mol. The molecule has 0 aromatic carbocycles. The molecule has 2 heterocycles. The third kappa shape index (κ3) is 2.85. The van der Waals surface area contributed by atoms with Gasteiger partial charge >= 0.3 is 0 Å². The van der Waals surface area contributed by atoms with E-state index >= 15 is 0 Å². The van der Waals surface area contributed by atoms with Crippen LogP contribution in [0, 0.1) is 0 Å². The van der Waals surface area contributed by atoms with Crippen LogP contribution >= 0.6 is 0 Å². The summed E-state index contributed by atoms with van der Waals surface area (Å²) in [5, 5.41) is 0. The Labute approximate surface area is 101 Å². The van der Waals surface area contributed by atoms with Gasteiger partial charge in [-0.05, 0) is 27.7 Å². The van der Waals surface area contributed by atoms with Crippen LogP contribution in [0.2, 0.25) is 0 Å². The molecule has 0 amide bonds. The molecule has 98 valence electrons. The molecule has 0 aromatic rings. The first-order valence-corrected chi connectivity index (χ1v) is 5.88. The monoisotopic (exact) mass is 244 g/mol. The Kier molecular flexibility index (Phi) is 3.06. The van der Waals surface area contributed by atoms with Gasteiger partial charge in [0.1, 0.15) is 0 Å². The fourth-order valence-corrected chi connectivity index (χ4v) is 2.30. The molecule has 0 spiro atoms. The van der Waals surface area contributed by atoms with Crippen molar-refractivity contribution in [2.75, 3.05) is 13.2 Å². The van der Waals surface area contributed by atoms with Crippen LogP contribution in [-0.4, -0.2) is 42.8 Å². The van der Waals surface area contributed by atoms with Gasteiger partial charge in [0, 0.05) is 6.42 Å². The fourth-order valence-electron chi connectivity index (χ4n) is 2.30. The van der Waals surface area contributed by atoms with Crippen molar-refractivity contribution in [1.29, 1.82) is 0 Å². The second kappa shape index (κ2) is 4.02. The molecule has 0 N–H and O–H groups in total. The first-order valence-electron chi connectivity index (χ1n) is 5.88. The maximum Gasteiger partial charge on any atom is 0.164 e. The average Bonchev–Trinajstić information content (AvgIpc) is 2.68. The minimum absolute atomic E-state index is 0.132. The molecule has 0 aliphatic carbocycles. The smallest absolute Gasteiger partial charge is 0.164 e. The van der Waals surface area contributed by atoms with Gasteiger partial charge in [-0.25, -0.2) is 0 Å². The molecule has 0 saturated carbocycles. The normalized spacial score (nSPS) is 39.4. The lowest BCUT2D eigenvalue weighted by Crippen LogP contribution is -2.40. The standard InChI is InChI=1S/C12H20O5/c1-10(2)14-6-9(16-10)5-12(7-13)8-15-11(3,4)17-12/h7,9H,5-6,8H2,1-4H3/t9-,12+/m0/s1. The Morgan fingerprint density at radius 2 is 1.88 bits per heavy atom. The van der Waals surface area contributed by atoms with E-state index in [1.807, 2.05) is 13.8 Å². The van der Waals surface area contributed by atoms with Crippen molar-refractivity contribution in [3.63, 3.8) is 0 Å². The summed E-state index contributed by atoms with van der Waals surface area (Å²) < 4.78 is 22.3. The van der Waals surface area contributed by atoms with Crippen LogP contribution in [0.5, 0.6) is 0 Å². The Hall–Kier alpha value is -0.490. The quantitative estimate of drug-likeness (QED) is 0.699. The van der Waals surface area contributed by atoms with E-state index in [4.69, 9.17) is 18.9 Å². The van der Waals surface area contributed by atoms with Crippen LogP contribution in [0.1, 0.15) is 34.1 Å². The van der Waals surface area contributed by atoms with E-state index in [9.17, 15) is 4.79 Å². The second-order valence-electron chi connectivity index (χ2n) is 5.63. The molecule has 2 atom stereocenters. The van der Waals surface area contributed by atoms with Gasteiger partial charge < -0.3 is 23.7 Å². The van der Waals surface area contributed by atoms with Gasteiger partial charge in [-0.2, -0.15) is 0 Å². The Morgan fingerprint density at radius 1 is 1.18 bits per heavy atom. The van der Waals surface area contributed by atoms with Crippen LogP contribution in [0.4, 0.5) is 0 Å². The number of ether oxygens (including phenoxy) is 4. The molecule has 2 rings (SSSR count). The predicted molar refractivity (Wildman–Crippen MR) is 59.4 cm³/mol. The number of hydrogen-bond donors (Lipinski definition) is 0. The summed E-state index contributed by atoms with van der Waals surface area (Å²) in [5.74, 6) is -1.29. The van der Waals surface area contributed by atoms with E-state index < -0.39 is 17.2 Å². The van der Waals surface area contributed by atoms with Crippen LogP contribution < -0.4 is 0 Å². The number of carbonyl (C=O) groups is 1. The van der Waals surface area contributed by atoms with Crippen LogP contribution in [0.25, 0.3) is 0 Å². The minimum atomic E-state index is -0.905. The molecule has 5 heteroatoms. The summed E-state index contributed by atoms with van der Waals surface area (Å²) in [7, 11) is 0. The lowest BCUT2D eigenvalue weighted by molar-refractivity contribution is -0.176. The van der Waals surface area contributed by atoms with Gasteiger partial charge in [-0.1, -0.05) is 0 Å². The van der Waals surface area contributed by atoms with E-state index in [0.717, 1.165) is 6.29 Å². The molecule has 2 saturated heterocycles. The molecule has 0 unspecified atom stereocenters. The number of aldehydes is 1. The second-order valence-corrected chi connectivity index (χ2v) is 5.63. The van der Waals surface area contributed by atoms with Crippen molar-refractivity contribution in [2.45, 2.75) is 57.4 Å². The van der Waals surface area contributed by atoms with Gasteiger partial charge in [-0.3, -0.25) is 0 Å². The zero-order valence-corrected chi connectivity index (χ0v) is 10.8. The van der Waals surface area contributed by atoms with E-state index in [1.165, 1.54) is 0 Å². The molecular formula is C12H20O5. The zero-order valence-electron chi connectivity index (χ0n) is 10.8. The van der Waals surface area contributed by atoms with E-state index in [1.54, 1.807) is 13.8 Å². The highest BCUT2D eigenvalue weighted by atomic mass is 16.8. The summed E-state index contributed by atoms with van der Waals surface area (Å²) >= 11 is 0. The number of carbonyl (C=O) groups excluding carboxylic acids is 1. The van der Waals surface area contributed by atoms with Crippen molar-refractivity contribution in [3.05, 3.63) is 0 Å². The zero-order chi connectivity index (χ0) is 12.7. The van der Waals surface area contributed by atoms with Gasteiger partial charge in [-0.15, -0.1) is 0 Å². The van der Waals surface area contributed by atoms with E-state index in [2.05, 4.69) is 0 Å². The summed E-state index contributed by atoms with van der Waals surface area (Å²) in [4.78, 5) is 11.3. The van der Waals surface area contributed by atoms with Crippen molar-refractivity contribution in [2.24, 2.45) is 0 Å². The first kappa shape index (κ1) is 13.0. The molecule has 17 heavy (non-hydrogen) atoms. The lowest BCUT2D eigenvalue weighted by Gasteiger charge is -2.26. The summed E-state index contributed by atoms with van der Waals surface area (Å²) in [5.41, 5.74) is -0.905. The average molecular weight is 244 g/mol. The highest BCUT2D eigenvalue weighted by Crippen LogP contribution is 2.36. The summed E-state index contributed by atoms with van der Waals surface area (Å²) in [6, 6.07) is 0. The van der Waals surface area contributed by atoms with Gasteiger partial charge in [0.2, 0.25) is 0 Å². The Balaban J connectivity index is 2.00. The number of hydrogen-bond acceptors (Lipinski definition) is 5. The van der Waals surface area contributed by atoms with Gasteiger partial charge in [0.25, 0.3) is 0 Å². The third-order valence-corrected chi connectivity index (χ3v) is 2.97. The highest BCUT2D eigenvalue weighted by Gasteiger charge is 2.48. The molecule has 2 fully saturated rings. The largest absolute Gasteiger partial charge is 0.348 e. The molecule has 0 radical (unpaired) electrons. The van der Waals surface area contributed by atoms with Crippen molar-refractivity contribution in [3.8, 4) is 0 Å². The maximum absolute atomic E-state index is 11.3. The molecule has 0 bridgehead atoms. The van der Waals surface area contributed by atoms with Gasteiger partial charge in [0.15, 0.2) is 23.5 Å². The van der Waals surface area contributed by atoms with Crippen LogP contribution in [-0.2, 0) is 23.7 Å². The first-order chi connectivity index (χ1) is 7.76. The number of rotatable bonds is 3. The van der Waals surface area contributed by atoms with E-state index in [-0.39, 0.29) is 12.7 Å². The predicted octanol–water partition coefficient (Wildman–Crippen LogP) is 1.25. The van der Waals surface area contributed by atoms with Gasteiger partial charge in [0.05, 0.1) is 19.3 Å². The summed E-state index contributed by atoms with van der Waals surface area (Å²) in [6.45, 7) is 8.06. The van der Waals surface area contributed by atoms with Crippen molar-refractivity contribution >= 4 is 6.29 Å². The topological polar surface area (TPSA) is 54.0 Å². The molecule has 2 aliphatic heterocycles. The highest BCUT2D eigenvalue weighted by molar-refractivity contribution is 5.63. The Bertz CT molecular complexity index is 312. The Morgan fingerprint density at radius 3 is 2.29 bits per heavy atom. The SMILES string of the molecule is CC1(C)OC[C@H](C[C@@]2(C=O)COC(C)(C)O2)O1. The summed E-state index contributed by atoms with van der Waals surface area (Å²) in [6.07, 6.45) is 1.15. The lowest BCUT2D eigenvalue weighted by atomic mass is 9.99. The molecule has 5 nitrogen and oxygen atoms in total. The molecule has 2 aliphatic rings. The minimum Gasteiger partial charge on any atom is -0.348 e.